The summed E-state index contributed by atoms with van der Waals surface area (Å²) in [4.78, 5) is 0. The molecule has 0 heterocycles. The van der Waals surface area contributed by atoms with Crippen molar-refractivity contribution >= 4 is 0 Å². The summed E-state index contributed by atoms with van der Waals surface area (Å²) < 4.78 is 0. The molecule has 34 valence electrons. The number of hydrogen-bond acceptors (Lipinski definition) is 2. The maximum absolute atomic E-state index is 7.97. The molecule has 0 atom stereocenters. The van der Waals surface area contributed by atoms with Gasteiger partial charge in [-0.1, -0.05) is 11.8 Å². The summed E-state index contributed by atoms with van der Waals surface area (Å²) in [6.07, 6.45) is 0. The average molecular weight is 85.1 g/mol. The smallest absolute Gasteiger partial charge is 0.104 e. The Hall–Kier alpha value is -0.520. The predicted octanol–water partition coefficient (Wildman–Crippen LogP) is -1.06. The normalized spacial score (nSPS) is 6.33. The highest BCUT2D eigenvalue weighted by Gasteiger charge is 1.56. The minimum Gasteiger partial charge on any atom is -0.384 e. The van der Waals surface area contributed by atoms with Gasteiger partial charge >= 0.3 is 0 Å². The van der Waals surface area contributed by atoms with E-state index in [1.165, 1.54) is 0 Å². The van der Waals surface area contributed by atoms with Gasteiger partial charge in [-0.05, 0) is 0 Å². The first-order valence-corrected chi connectivity index (χ1v) is 1.68. The third-order valence-corrected chi connectivity index (χ3v) is 0.306. The third kappa shape index (κ3) is 3.48. The van der Waals surface area contributed by atoms with Crippen LogP contribution < -0.4 is 5.73 Å². The molecule has 0 aliphatic rings. The first kappa shape index (κ1) is 5.48. The molecule has 0 aromatic heterocycles. The topological polar surface area (TPSA) is 46.2 Å². The minimum atomic E-state index is -0.0861. The fourth-order valence-electron chi connectivity index (χ4n) is 0.128. The Morgan fingerprint density at radius 3 is 2.33 bits per heavy atom. The van der Waals surface area contributed by atoms with Gasteiger partial charge in [0, 0.05) is 0 Å². The number of aliphatic hydroxyl groups is 1. The van der Waals surface area contributed by atoms with E-state index in [1.54, 1.807) is 0 Å². The van der Waals surface area contributed by atoms with Crippen LogP contribution in [0.15, 0.2) is 0 Å². The lowest BCUT2D eigenvalue weighted by atomic mass is 10.6. The fourth-order valence-corrected chi connectivity index (χ4v) is 0.128. The number of rotatable bonds is 0. The van der Waals surface area contributed by atoms with Crippen LogP contribution >= 0.6 is 0 Å². The van der Waals surface area contributed by atoms with Crippen LogP contribution in [0, 0.1) is 11.8 Å². The first-order valence-electron chi connectivity index (χ1n) is 1.68. The predicted molar refractivity (Wildman–Crippen MR) is 23.9 cm³/mol. The molecule has 0 saturated heterocycles. The summed E-state index contributed by atoms with van der Waals surface area (Å²) in [7, 11) is 0. The highest BCUT2D eigenvalue weighted by Crippen LogP contribution is 1.45. The van der Waals surface area contributed by atoms with Crippen molar-refractivity contribution in [2.24, 2.45) is 5.73 Å². The SMILES string of the molecule is NCC#CCO. The Morgan fingerprint density at radius 2 is 2.17 bits per heavy atom. The Balaban J connectivity index is 2.90. The van der Waals surface area contributed by atoms with Gasteiger partial charge in [0.05, 0.1) is 6.54 Å². The van der Waals surface area contributed by atoms with Crippen molar-refractivity contribution in [2.45, 2.75) is 0 Å². The lowest BCUT2D eigenvalue weighted by Gasteiger charge is -1.67. The van der Waals surface area contributed by atoms with Gasteiger partial charge in [-0.3, -0.25) is 0 Å². The van der Waals surface area contributed by atoms with E-state index in [4.69, 9.17) is 10.8 Å². The van der Waals surface area contributed by atoms with Gasteiger partial charge in [0.25, 0.3) is 0 Å². The van der Waals surface area contributed by atoms with Crippen LogP contribution in [0.25, 0.3) is 0 Å². The molecule has 0 amide bonds. The maximum atomic E-state index is 7.97. The van der Waals surface area contributed by atoms with E-state index in [0.29, 0.717) is 6.54 Å². The molecule has 0 aliphatic carbocycles. The zero-order valence-corrected chi connectivity index (χ0v) is 3.44. The summed E-state index contributed by atoms with van der Waals surface area (Å²) in [5.41, 5.74) is 4.93. The summed E-state index contributed by atoms with van der Waals surface area (Å²) in [5, 5.41) is 7.97. The Morgan fingerprint density at radius 1 is 1.50 bits per heavy atom. The van der Waals surface area contributed by atoms with Gasteiger partial charge in [0.2, 0.25) is 0 Å². The molecule has 0 saturated carbocycles. The van der Waals surface area contributed by atoms with Gasteiger partial charge < -0.3 is 10.8 Å². The Kier molecular flexibility index (Phi) is 4.09. The summed E-state index contributed by atoms with van der Waals surface area (Å²) in [6.45, 7) is 0.248. The molecule has 0 spiro atoms. The van der Waals surface area contributed by atoms with E-state index in [0.717, 1.165) is 0 Å². The molecule has 0 aromatic carbocycles. The molecular formula is C4H7NO. The number of hydrogen-bond donors (Lipinski definition) is 2. The van der Waals surface area contributed by atoms with Crippen LogP contribution in [0.1, 0.15) is 0 Å². The zero-order valence-electron chi connectivity index (χ0n) is 3.44. The molecule has 0 aliphatic heterocycles. The average Bonchev–Trinajstić information content (AvgIpc) is 1.61. The molecule has 3 N–H and O–H groups in total. The van der Waals surface area contributed by atoms with Crippen molar-refractivity contribution in [2.75, 3.05) is 13.2 Å². The van der Waals surface area contributed by atoms with Crippen molar-refractivity contribution in [1.82, 2.24) is 0 Å². The van der Waals surface area contributed by atoms with Gasteiger partial charge in [0.15, 0.2) is 0 Å². The molecule has 0 unspecified atom stereocenters. The zero-order chi connectivity index (χ0) is 4.83. The summed E-state index contributed by atoms with van der Waals surface area (Å²) in [6, 6.07) is 0. The third-order valence-electron chi connectivity index (χ3n) is 0.306. The molecule has 0 aromatic rings. The van der Waals surface area contributed by atoms with Crippen molar-refractivity contribution in [1.29, 1.82) is 0 Å². The second-order valence-electron chi connectivity index (χ2n) is 0.716. The Bertz CT molecular complexity index is 61.4. The van der Waals surface area contributed by atoms with E-state index >= 15 is 0 Å². The second-order valence-corrected chi connectivity index (χ2v) is 0.716. The van der Waals surface area contributed by atoms with Crippen LogP contribution in [-0.4, -0.2) is 18.3 Å². The van der Waals surface area contributed by atoms with Crippen molar-refractivity contribution < 1.29 is 5.11 Å². The summed E-state index contributed by atoms with van der Waals surface area (Å²) >= 11 is 0. The minimum absolute atomic E-state index is 0.0861. The van der Waals surface area contributed by atoms with Gasteiger partial charge in [-0.15, -0.1) is 0 Å². The van der Waals surface area contributed by atoms with E-state index in [1.807, 2.05) is 0 Å². The standard InChI is InChI=1S/C4H7NO/c5-3-1-2-4-6/h6H,3-5H2. The molecule has 6 heavy (non-hydrogen) atoms. The van der Waals surface area contributed by atoms with Crippen LogP contribution in [0.3, 0.4) is 0 Å². The van der Waals surface area contributed by atoms with Gasteiger partial charge in [0.1, 0.15) is 6.61 Å². The monoisotopic (exact) mass is 85.1 g/mol. The van der Waals surface area contributed by atoms with Crippen molar-refractivity contribution in [3.05, 3.63) is 0 Å². The summed E-state index contributed by atoms with van der Waals surface area (Å²) in [5.74, 6) is 4.85. The number of nitrogens with two attached hydrogens (primary N) is 1. The quantitative estimate of drug-likeness (QED) is 0.368. The second kappa shape index (κ2) is 4.48. The van der Waals surface area contributed by atoms with E-state index in [9.17, 15) is 0 Å². The van der Waals surface area contributed by atoms with Crippen molar-refractivity contribution in [3.63, 3.8) is 0 Å². The van der Waals surface area contributed by atoms with Crippen LogP contribution in [0.4, 0.5) is 0 Å². The Labute approximate surface area is 37.0 Å². The molecule has 2 heteroatoms. The molecule has 0 fully saturated rings. The first-order chi connectivity index (χ1) is 2.91. The van der Waals surface area contributed by atoms with Crippen molar-refractivity contribution in [3.8, 4) is 11.8 Å². The van der Waals surface area contributed by atoms with Gasteiger partial charge in [-0.25, -0.2) is 0 Å². The van der Waals surface area contributed by atoms with Crippen LogP contribution in [0.5, 0.6) is 0 Å². The van der Waals surface area contributed by atoms with E-state index < -0.39 is 0 Å². The largest absolute Gasteiger partial charge is 0.384 e. The van der Waals surface area contributed by atoms with E-state index in [-0.39, 0.29) is 6.61 Å². The number of aliphatic hydroxyl groups excluding tert-OH is 1. The highest BCUT2D eigenvalue weighted by atomic mass is 16.2. The lowest BCUT2D eigenvalue weighted by Crippen LogP contribution is -1.93. The molecule has 2 nitrogen and oxygen atoms in total. The molecule has 0 bridgehead atoms. The van der Waals surface area contributed by atoms with Crippen LogP contribution in [0.2, 0.25) is 0 Å². The molecule has 0 rings (SSSR count). The molecule has 0 radical (unpaired) electrons. The lowest BCUT2D eigenvalue weighted by molar-refractivity contribution is 0.350. The van der Waals surface area contributed by atoms with Gasteiger partial charge in [-0.2, -0.15) is 0 Å². The molecular weight excluding hydrogens is 78.0 g/mol. The fraction of sp³-hybridized carbons (Fsp3) is 0.500. The van der Waals surface area contributed by atoms with Crippen LogP contribution in [-0.2, 0) is 0 Å². The highest BCUT2D eigenvalue weighted by molar-refractivity contribution is 4.99. The van der Waals surface area contributed by atoms with E-state index in [2.05, 4.69) is 11.8 Å². The maximum Gasteiger partial charge on any atom is 0.104 e.